The Bertz CT molecular complexity index is 196. The van der Waals surface area contributed by atoms with Crippen LogP contribution in [0.1, 0.15) is 19.8 Å². The lowest BCUT2D eigenvalue weighted by atomic mass is 9.94. The van der Waals surface area contributed by atoms with E-state index in [4.69, 9.17) is 9.94 Å². The van der Waals surface area contributed by atoms with Gasteiger partial charge in [0.1, 0.15) is 0 Å². The molecular formula is C8H13NO2. The third-order valence-electron chi connectivity index (χ3n) is 1.83. The van der Waals surface area contributed by atoms with Crippen molar-refractivity contribution in [2.75, 3.05) is 7.11 Å². The Hall–Kier alpha value is -0.990. The number of rotatable bonds is 1. The standard InChI is InChI=1S/C8H13NO2/c1-6-3-7(9-10)5-8(4-6)11-2/h5-6,10H,3-4H2,1-2H3. The van der Waals surface area contributed by atoms with Gasteiger partial charge in [0.25, 0.3) is 0 Å². The van der Waals surface area contributed by atoms with Gasteiger partial charge in [0, 0.05) is 12.5 Å². The van der Waals surface area contributed by atoms with Gasteiger partial charge < -0.3 is 9.94 Å². The van der Waals surface area contributed by atoms with E-state index in [0.29, 0.717) is 11.6 Å². The summed E-state index contributed by atoms with van der Waals surface area (Å²) in [5.41, 5.74) is 0.709. The summed E-state index contributed by atoms with van der Waals surface area (Å²) in [6.45, 7) is 2.11. The molecule has 0 aromatic heterocycles. The minimum Gasteiger partial charge on any atom is -0.501 e. The number of nitrogens with zero attached hydrogens (tertiary/aromatic N) is 1. The fourth-order valence-electron chi connectivity index (χ4n) is 1.29. The van der Waals surface area contributed by atoms with E-state index in [1.54, 1.807) is 13.2 Å². The second kappa shape index (κ2) is 3.42. The van der Waals surface area contributed by atoms with Crippen molar-refractivity contribution in [3.63, 3.8) is 0 Å². The second-order valence-electron chi connectivity index (χ2n) is 2.92. The van der Waals surface area contributed by atoms with Crippen molar-refractivity contribution in [1.29, 1.82) is 0 Å². The van der Waals surface area contributed by atoms with Crippen molar-refractivity contribution in [2.24, 2.45) is 11.1 Å². The molecule has 0 fully saturated rings. The van der Waals surface area contributed by atoms with Crippen LogP contribution in [0.3, 0.4) is 0 Å². The van der Waals surface area contributed by atoms with Crippen LogP contribution in [0.2, 0.25) is 0 Å². The molecule has 1 atom stereocenters. The van der Waals surface area contributed by atoms with Gasteiger partial charge >= 0.3 is 0 Å². The van der Waals surface area contributed by atoms with Gasteiger partial charge in [-0.3, -0.25) is 0 Å². The molecule has 3 nitrogen and oxygen atoms in total. The normalized spacial score (nSPS) is 28.4. The predicted molar refractivity (Wildman–Crippen MR) is 42.7 cm³/mol. The Kier molecular flexibility index (Phi) is 2.52. The maximum absolute atomic E-state index is 8.51. The van der Waals surface area contributed by atoms with E-state index in [-0.39, 0.29) is 0 Å². The van der Waals surface area contributed by atoms with E-state index in [0.717, 1.165) is 18.6 Å². The van der Waals surface area contributed by atoms with Gasteiger partial charge in [-0.25, -0.2) is 0 Å². The number of ether oxygens (including phenoxy) is 1. The zero-order valence-electron chi connectivity index (χ0n) is 6.87. The first kappa shape index (κ1) is 8.11. The monoisotopic (exact) mass is 155 g/mol. The first-order chi connectivity index (χ1) is 5.26. The summed E-state index contributed by atoms with van der Waals surface area (Å²) in [4.78, 5) is 0. The number of hydrogen-bond donors (Lipinski definition) is 1. The van der Waals surface area contributed by atoms with E-state index < -0.39 is 0 Å². The topological polar surface area (TPSA) is 41.8 Å². The molecular weight excluding hydrogens is 142 g/mol. The van der Waals surface area contributed by atoms with E-state index in [2.05, 4.69) is 12.1 Å². The summed E-state index contributed by atoms with van der Waals surface area (Å²) in [6.07, 6.45) is 3.57. The minimum atomic E-state index is 0.515. The molecule has 0 aromatic rings. The van der Waals surface area contributed by atoms with Crippen LogP contribution in [-0.4, -0.2) is 18.0 Å². The van der Waals surface area contributed by atoms with Crippen molar-refractivity contribution in [1.82, 2.24) is 0 Å². The molecule has 1 aliphatic carbocycles. The Labute approximate surface area is 66.4 Å². The number of hydrogen-bond acceptors (Lipinski definition) is 3. The van der Waals surface area contributed by atoms with Crippen molar-refractivity contribution >= 4 is 5.71 Å². The third kappa shape index (κ3) is 1.97. The minimum absolute atomic E-state index is 0.515. The number of allylic oxidation sites excluding steroid dienone is 2. The van der Waals surface area contributed by atoms with Crippen LogP contribution < -0.4 is 0 Å². The van der Waals surface area contributed by atoms with Crippen LogP contribution in [0.4, 0.5) is 0 Å². The van der Waals surface area contributed by atoms with Gasteiger partial charge in [-0.1, -0.05) is 12.1 Å². The molecule has 0 bridgehead atoms. The van der Waals surface area contributed by atoms with Crippen LogP contribution >= 0.6 is 0 Å². The molecule has 3 heteroatoms. The zero-order valence-corrected chi connectivity index (χ0v) is 6.87. The Balaban J connectivity index is 2.73. The largest absolute Gasteiger partial charge is 0.501 e. The van der Waals surface area contributed by atoms with Crippen LogP contribution in [-0.2, 0) is 4.74 Å². The van der Waals surface area contributed by atoms with Gasteiger partial charge in [0.05, 0.1) is 18.6 Å². The van der Waals surface area contributed by atoms with Gasteiger partial charge in [0.15, 0.2) is 0 Å². The molecule has 0 heterocycles. The Morgan fingerprint density at radius 2 is 2.36 bits per heavy atom. The van der Waals surface area contributed by atoms with Crippen molar-refractivity contribution in [3.05, 3.63) is 11.8 Å². The molecule has 0 spiro atoms. The van der Waals surface area contributed by atoms with E-state index >= 15 is 0 Å². The summed E-state index contributed by atoms with van der Waals surface area (Å²) in [7, 11) is 1.64. The van der Waals surface area contributed by atoms with Gasteiger partial charge in [-0.05, 0) is 12.3 Å². The molecule has 1 aliphatic rings. The van der Waals surface area contributed by atoms with E-state index in [9.17, 15) is 0 Å². The molecule has 0 amide bonds. The van der Waals surface area contributed by atoms with Gasteiger partial charge in [-0.15, -0.1) is 0 Å². The predicted octanol–water partition coefficient (Wildman–Crippen LogP) is 1.78. The lowest BCUT2D eigenvalue weighted by molar-refractivity contribution is 0.258. The average Bonchev–Trinajstić information content (AvgIpc) is 2.03. The Morgan fingerprint density at radius 3 is 2.91 bits per heavy atom. The lowest BCUT2D eigenvalue weighted by Crippen LogP contribution is -2.12. The van der Waals surface area contributed by atoms with Crippen molar-refractivity contribution in [2.45, 2.75) is 19.8 Å². The highest BCUT2D eigenvalue weighted by molar-refractivity contribution is 5.95. The Morgan fingerprint density at radius 1 is 1.64 bits per heavy atom. The summed E-state index contributed by atoms with van der Waals surface area (Å²) in [5, 5.41) is 11.7. The molecule has 1 unspecified atom stereocenters. The first-order valence-electron chi connectivity index (χ1n) is 3.71. The highest BCUT2D eigenvalue weighted by Gasteiger charge is 2.15. The maximum Gasteiger partial charge on any atom is 0.0977 e. The van der Waals surface area contributed by atoms with Crippen LogP contribution in [0, 0.1) is 5.92 Å². The fraction of sp³-hybridized carbons (Fsp3) is 0.625. The molecule has 1 rings (SSSR count). The summed E-state index contributed by atoms with van der Waals surface area (Å²) < 4.78 is 5.06. The molecule has 0 aliphatic heterocycles. The van der Waals surface area contributed by atoms with E-state index in [1.165, 1.54) is 0 Å². The zero-order chi connectivity index (χ0) is 8.27. The highest BCUT2D eigenvalue weighted by atomic mass is 16.5. The highest BCUT2D eigenvalue weighted by Crippen LogP contribution is 2.21. The van der Waals surface area contributed by atoms with Crippen molar-refractivity contribution in [3.8, 4) is 0 Å². The van der Waals surface area contributed by atoms with Crippen molar-refractivity contribution < 1.29 is 9.94 Å². The average molecular weight is 155 g/mol. The smallest absolute Gasteiger partial charge is 0.0977 e. The third-order valence-corrected chi connectivity index (χ3v) is 1.83. The van der Waals surface area contributed by atoms with Crippen LogP contribution in [0.15, 0.2) is 17.0 Å². The quantitative estimate of drug-likeness (QED) is 0.463. The molecule has 0 saturated carbocycles. The fourth-order valence-corrected chi connectivity index (χ4v) is 1.29. The molecule has 0 saturated heterocycles. The van der Waals surface area contributed by atoms with Crippen LogP contribution in [0.5, 0.6) is 0 Å². The summed E-state index contributed by atoms with van der Waals surface area (Å²) >= 11 is 0. The molecule has 11 heavy (non-hydrogen) atoms. The SMILES string of the molecule is COC1=CC(=NO)CC(C)C1. The summed E-state index contributed by atoms with van der Waals surface area (Å²) in [5.74, 6) is 1.41. The molecule has 0 aromatic carbocycles. The first-order valence-corrected chi connectivity index (χ1v) is 3.71. The van der Waals surface area contributed by atoms with Gasteiger partial charge in [-0.2, -0.15) is 0 Å². The lowest BCUT2D eigenvalue weighted by Gasteiger charge is -2.18. The molecule has 1 N–H and O–H groups in total. The maximum atomic E-state index is 8.51. The molecule has 62 valence electrons. The van der Waals surface area contributed by atoms with E-state index in [1.807, 2.05) is 0 Å². The second-order valence-corrected chi connectivity index (χ2v) is 2.92. The number of oxime groups is 1. The molecule has 0 radical (unpaired) electrons. The van der Waals surface area contributed by atoms with Gasteiger partial charge in [0.2, 0.25) is 0 Å². The number of methoxy groups -OCH3 is 1. The van der Waals surface area contributed by atoms with Crippen LogP contribution in [0.25, 0.3) is 0 Å². The summed E-state index contributed by atoms with van der Waals surface area (Å²) in [6, 6.07) is 0.